The highest BCUT2D eigenvalue weighted by atomic mass is 28.4. The molecule has 0 atom stereocenters. The molecule has 0 N–H and O–H groups in total. The number of rotatable bonds is 4. The number of nitrogens with zero attached hydrogens (tertiary/aromatic N) is 3. The molecular formula is C18H29N3O2Si. The molecule has 0 radical (unpaired) electrons. The maximum absolute atomic E-state index is 6.29. The fraction of sp³-hybridized carbons (Fsp3) is 0.611. The second-order valence-corrected chi connectivity index (χ2v) is 12.8. The van der Waals surface area contributed by atoms with E-state index in [1.165, 1.54) is 5.69 Å². The molecule has 0 aromatic carbocycles. The van der Waals surface area contributed by atoms with Gasteiger partial charge in [-0.25, -0.2) is 4.98 Å². The molecule has 6 heteroatoms. The van der Waals surface area contributed by atoms with E-state index in [0.717, 1.165) is 37.6 Å². The van der Waals surface area contributed by atoms with Crippen LogP contribution in [-0.4, -0.2) is 44.0 Å². The van der Waals surface area contributed by atoms with Crippen molar-refractivity contribution in [3.05, 3.63) is 30.2 Å². The number of imidazole rings is 1. The van der Waals surface area contributed by atoms with Crippen molar-refractivity contribution in [2.75, 3.05) is 31.2 Å². The maximum atomic E-state index is 6.29. The van der Waals surface area contributed by atoms with E-state index in [0.29, 0.717) is 6.61 Å². The quantitative estimate of drug-likeness (QED) is 0.791. The number of ether oxygens (including phenoxy) is 1. The van der Waals surface area contributed by atoms with Gasteiger partial charge in [-0.15, -0.1) is 0 Å². The third kappa shape index (κ3) is 3.65. The van der Waals surface area contributed by atoms with Gasteiger partial charge in [0, 0.05) is 25.5 Å². The summed E-state index contributed by atoms with van der Waals surface area (Å²) in [5, 5.41) is 0.218. The summed E-state index contributed by atoms with van der Waals surface area (Å²) < 4.78 is 13.8. The Bertz CT molecular complexity index is 700. The Balaban J connectivity index is 1.74. The molecule has 3 rings (SSSR count). The number of fused-ring (bicyclic) bond motifs is 1. The van der Waals surface area contributed by atoms with Crippen molar-refractivity contribution < 1.29 is 9.16 Å². The highest BCUT2D eigenvalue weighted by Crippen LogP contribution is 2.37. The van der Waals surface area contributed by atoms with Crippen molar-refractivity contribution in [1.82, 2.24) is 9.38 Å². The molecule has 132 valence electrons. The summed E-state index contributed by atoms with van der Waals surface area (Å²) in [6.45, 7) is 15.4. The minimum absolute atomic E-state index is 0.218. The number of hydrogen-bond donors (Lipinski definition) is 0. The van der Waals surface area contributed by atoms with Gasteiger partial charge < -0.3 is 18.5 Å². The Kier molecular flexibility index (Phi) is 4.73. The molecule has 1 saturated heterocycles. The lowest BCUT2D eigenvalue weighted by molar-refractivity contribution is 0.122. The highest BCUT2D eigenvalue weighted by Gasteiger charge is 2.37. The van der Waals surface area contributed by atoms with Gasteiger partial charge in [-0.2, -0.15) is 0 Å². The Labute approximate surface area is 145 Å². The summed E-state index contributed by atoms with van der Waals surface area (Å²) in [7, 11) is -1.75. The fourth-order valence-electron chi connectivity index (χ4n) is 2.58. The number of morpholine rings is 1. The summed E-state index contributed by atoms with van der Waals surface area (Å²) in [6.07, 6.45) is 4.25. The highest BCUT2D eigenvalue weighted by molar-refractivity contribution is 6.74. The van der Waals surface area contributed by atoms with Crippen LogP contribution < -0.4 is 4.90 Å². The smallest absolute Gasteiger partial charge is 0.192 e. The Morgan fingerprint density at radius 2 is 1.88 bits per heavy atom. The van der Waals surface area contributed by atoms with Crippen LogP contribution in [0, 0.1) is 0 Å². The molecule has 24 heavy (non-hydrogen) atoms. The van der Waals surface area contributed by atoms with Crippen LogP contribution in [0.1, 0.15) is 26.5 Å². The normalized spacial score (nSPS) is 16.8. The van der Waals surface area contributed by atoms with Gasteiger partial charge in [-0.05, 0) is 30.3 Å². The van der Waals surface area contributed by atoms with Crippen LogP contribution >= 0.6 is 0 Å². The van der Waals surface area contributed by atoms with E-state index < -0.39 is 8.32 Å². The van der Waals surface area contributed by atoms with Crippen molar-refractivity contribution >= 4 is 19.7 Å². The number of aromatic nitrogens is 2. The van der Waals surface area contributed by atoms with Gasteiger partial charge in [0.1, 0.15) is 5.65 Å². The summed E-state index contributed by atoms with van der Waals surface area (Å²) in [4.78, 5) is 7.06. The molecule has 0 unspecified atom stereocenters. The summed E-state index contributed by atoms with van der Waals surface area (Å²) in [6, 6.07) is 4.23. The van der Waals surface area contributed by atoms with E-state index in [9.17, 15) is 0 Å². The van der Waals surface area contributed by atoms with Gasteiger partial charge >= 0.3 is 0 Å². The SMILES string of the molecule is CC(C)(C)[Si](C)(C)OCc1cn2cc(N3CCOCC3)ccc2n1. The lowest BCUT2D eigenvalue weighted by atomic mass is 10.2. The molecule has 1 aliphatic heterocycles. The predicted octanol–water partition coefficient (Wildman–Crippen LogP) is 3.69. The van der Waals surface area contributed by atoms with Crippen molar-refractivity contribution in [3.8, 4) is 0 Å². The largest absolute Gasteiger partial charge is 0.411 e. The minimum atomic E-state index is -1.75. The Morgan fingerprint density at radius 1 is 1.17 bits per heavy atom. The number of anilines is 1. The van der Waals surface area contributed by atoms with Crippen LogP contribution in [0.25, 0.3) is 5.65 Å². The van der Waals surface area contributed by atoms with E-state index in [-0.39, 0.29) is 5.04 Å². The minimum Gasteiger partial charge on any atom is -0.411 e. The molecule has 2 aromatic rings. The van der Waals surface area contributed by atoms with E-state index in [1.807, 2.05) is 0 Å². The fourth-order valence-corrected chi connectivity index (χ4v) is 3.52. The van der Waals surface area contributed by atoms with Crippen molar-refractivity contribution in [2.24, 2.45) is 0 Å². The second kappa shape index (κ2) is 6.50. The Morgan fingerprint density at radius 3 is 2.54 bits per heavy atom. The van der Waals surface area contributed by atoms with E-state index in [2.05, 4.69) is 67.7 Å². The van der Waals surface area contributed by atoms with Gasteiger partial charge in [-0.3, -0.25) is 0 Å². The van der Waals surface area contributed by atoms with Crippen LogP contribution in [0.4, 0.5) is 5.69 Å². The molecule has 0 saturated carbocycles. The second-order valence-electron chi connectivity index (χ2n) is 8.03. The van der Waals surface area contributed by atoms with Crippen LogP contribution in [0.15, 0.2) is 24.5 Å². The third-order valence-electron chi connectivity index (χ3n) is 5.25. The molecule has 0 amide bonds. The van der Waals surface area contributed by atoms with Crippen molar-refractivity contribution in [2.45, 2.75) is 45.5 Å². The zero-order chi connectivity index (χ0) is 17.4. The molecule has 1 aliphatic rings. The van der Waals surface area contributed by atoms with E-state index in [1.54, 1.807) is 0 Å². The monoisotopic (exact) mass is 347 g/mol. The number of hydrogen-bond acceptors (Lipinski definition) is 4. The van der Waals surface area contributed by atoms with E-state index in [4.69, 9.17) is 14.1 Å². The first-order chi connectivity index (χ1) is 11.3. The summed E-state index contributed by atoms with van der Waals surface area (Å²) in [5.74, 6) is 0. The molecule has 1 fully saturated rings. The van der Waals surface area contributed by atoms with Gasteiger partial charge in [0.25, 0.3) is 0 Å². The summed E-state index contributed by atoms with van der Waals surface area (Å²) >= 11 is 0. The zero-order valence-electron chi connectivity index (χ0n) is 15.5. The summed E-state index contributed by atoms with van der Waals surface area (Å²) in [5.41, 5.74) is 3.19. The molecule has 2 aromatic heterocycles. The van der Waals surface area contributed by atoms with Crippen LogP contribution in [0.2, 0.25) is 18.1 Å². The molecular weight excluding hydrogens is 318 g/mol. The molecule has 3 heterocycles. The molecule has 0 aliphatic carbocycles. The molecule has 0 spiro atoms. The first-order valence-electron chi connectivity index (χ1n) is 8.71. The van der Waals surface area contributed by atoms with Gasteiger partial charge in [-0.1, -0.05) is 20.8 Å². The van der Waals surface area contributed by atoms with Crippen LogP contribution in [0.5, 0.6) is 0 Å². The average Bonchev–Trinajstić information content (AvgIpc) is 2.95. The van der Waals surface area contributed by atoms with E-state index >= 15 is 0 Å². The van der Waals surface area contributed by atoms with Crippen LogP contribution in [0.3, 0.4) is 0 Å². The van der Waals surface area contributed by atoms with Gasteiger partial charge in [0.2, 0.25) is 0 Å². The first-order valence-corrected chi connectivity index (χ1v) is 11.6. The zero-order valence-corrected chi connectivity index (χ0v) is 16.5. The average molecular weight is 348 g/mol. The van der Waals surface area contributed by atoms with Gasteiger partial charge in [0.05, 0.1) is 31.2 Å². The lowest BCUT2D eigenvalue weighted by Gasteiger charge is -2.35. The van der Waals surface area contributed by atoms with Crippen molar-refractivity contribution in [1.29, 1.82) is 0 Å². The topological polar surface area (TPSA) is 39.0 Å². The predicted molar refractivity (Wildman–Crippen MR) is 100 cm³/mol. The van der Waals surface area contributed by atoms with Crippen molar-refractivity contribution in [3.63, 3.8) is 0 Å². The molecule has 5 nitrogen and oxygen atoms in total. The third-order valence-corrected chi connectivity index (χ3v) is 9.73. The first kappa shape index (κ1) is 17.4. The molecule has 0 bridgehead atoms. The Hall–Kier alpha value is -1.37. The van der Waals surface area contributed by atoms with Crippen LogP contribution in [-0.2, 0) is 15.8 Å². The standard InChI is InChI=1S/C18H29N3O2Si/c1-18(2,3)24(4,5)23-14-15-12-21-13-16(6-7-17(21)19-15)20-8-10-22-11-9-20/h6-7,12-13H,8-11,14H2,1-5H3. The maximum Gasteiger partial charge on any atom is 0.192 e. The number of pyridine rings is 1. The lowest BCUT2D eigenvalue weighted by Crippen LogP contribution is -2.40. The van der Waals surface area contributed by atoms with Gasteiger partial charge in [0.15, 0.2) is 8.32 Å².